The van der Waals surface area contributed by atoms with E-state index >= 15 is 0 Å². The van der Waals surface area contributed by atoms with E-state index in [0.29, 0.717) is 0 Å². The van der Waals surface area contributed by atoms with Crippen LogP contribution in [-0.4, -0.2) is 19.3 Å². The number of aryl methyl sites for hydroxylation is 2. The number of benzene rings is 3. The van der Waals surface area contributed by atoms with Gasteiger partial charge in [-0.05, 0) is 67.9 Å². The Kier molecular flexibility index (Phi) is 3.19. The lowest BCUT2D eigenvalue weighted by atomic mass is 10.2. The summed E-state index contributed by atoms with van der Waals surface area (Å²) in [5.41, 5.74) is 7.85. The topological polar surface area (TPSA) is 35.6 Å². The normalized spacial score (nSPS) is 11.5. The Balaban J connectivity index is 1.57. The van der Waals surface area contributed by atoms with Gasteiger partial charge >= 0.3 is 0 Å². The van der Waals surface area contributed by atoms with Crippen molar-refractivity contribution in [2.45, 2.75) is 13.8 Å². The highest BCUT2D eigenvalue weighted by Gasteiger charge is 2.07. The second-order valence-corrected chi connectivity index (χ2v) is 6.74. The fourth-order valence-electron chi connectivity index (χ4n) is 3.44. The van der Waals surface area contributed by atoms with E-state index in [9.17, 15) is 0 Å². The van der Waals surface area contributed by atoms with Crippen molar-refractivity contribution >= 4 is 21.9 Å². The van der Waals surface area contributed by atoms with Crippen molar-refractivity contribution in [1.82, 2.24) is 19.3 Å². The number of aromatic nitrogens is 4. The second-order valence-electron chi connectivity index (χ2n) is 6.74. The SMILES string of the molecule is Cc1ccc2c(cnn2-c2ccc(-n3cnc4cc(C)ccc43)cc2)c1. The van der Waals surface area contributed by atoms with E-state index in [4.69, 9.17) is 0 Å². The minimum Gasteiger partial charge on any atom is -0.299 e. The number of rotatable bonds is 2. The van der Waals surface area contributed by atoms with Crippen LogP contribution in [0.15, 0.2) is 73.2 Å². The van der Waals surface area contributed by atoms with Gasteiger partial charge < -0.3 is 0 Å². The lowest BCUT2D eigenvalue weighted by Gasteiger charge is -2.08. The highest BCUT2D eigenvalue weighted by Crippen LogP contribution is 2.23. The molecule has 0 saturated heterocycles. The second kappa shape index (κ2) is 5.56. The molecule has 0 aliphatic rings. The maximum atomic E-state index is 4.56. The quantitative estimate of drug-likeness (QED) is 0.455. The monoisotopic (exact) mass is 338 g/mol. The van der Waals surface area contributed by atoms with Gasteiger partial charge in [0, 0.05) is 11.1 Å². The molecular formula is C22H18N4. The van der Waals surface area contributed by atoms with E-state index in [1.807, 2.05) is 17.2 Å². The molecule has 0 bridgehead atoms. The van der Waals surface area contributed by atoms with Crippen molar-refractivity contribution in [2.75, 3.05) is 0 Å². The molecule has 5 aromatic rings. The molecule has 126 valence electrons. The minimum absolute atomic E-state index is 1.02. The summed E-state index contributed by atoms with van der Waals surface area (Å²) < 4.78 is 4.09. The summed E-state index contributed by atoms with van der Waals surface area (Å²) >= 11 is 0. The Hall–Kier alpha value is -3.40. The molecular weight excluding hydrogens is 320 g/mol. The summed E-state index contributed by atoms with van der Waals surface area (Å²) in [6.45, 7) is 4.19. The molecule has 4 nitrogen and oxygen atoms in total. The Labute approximate surface area is 151 Å². The standard InChI is InChI=1S/C22H18N4/c1-15-3-9-21-17(11-15)13-24-26(21)19-7-5-18(6-8-19)25-14-23-20-12-16(2)4-10-22(20)25/h3-14H,1-2H3. The van der Waals surface area contributed by atoms with Crippen molar-refractivity contribution in [2.24, 2.45) is 0 Å². The smallest absolute Gasteiger partial charge is 0.100 e. The molecule has 0 aliphatic heterocycles. The van der Waals surface area contributed by atoms with Gasteiger partial charge in [0.2, 0.25) is 0 Å². The van der Waals surface area contributed by atoms with E-state index in [1.165, 1.54) is 11.1 Å². The van der Waals surface area contributed by atoms with Crippen LogP contribution in [-0.2, 0) is 0 Å². The van der Waals surface area contributed by atoms with E-state index in [1.54, 1.807) is 0 Å². The highest BCUT2D eigenvalue weighted by molar-refractivity contribution is 5.81. The summed E-state index contributed by atoms with van der Waals surface area (Å²) in [6, 6.07) is 21.2. The van der Waals surface area contributed by atoms with Crippen LogP contribution < -0.4 is 0 Å². The van der Waals surface area contributed by atoms with Crippen LogP contribution in [0.1, 0.15) is 11.1 Å². The molecule has 4 heteroatoms. The maximum Gasteiger partial charge on any atom is 0.100 e. The Morgan fingerprint density at radius 3 is 2.23 bits per heavy atom. The predicted molar refractivity (Wildman–Crippen MR) is 105 cm³/mol. The van der Waals surface area contributed by atoms with Crippen molar-refractivity contribution in [3.63, 3.8) is 0 Å². The van der Waals surface area contributed by atoms with Crippen LogP contribution in [0.3, 0.4) is 0 Å². The first-order valence-electron chi connectivity index (χ1n) is 8.68. The van der Waals surface area contributed by atoms with Gasteiger partial charge in [-0.3, -0.25) is 4.57 Å². The minimum atomic E-state index is 1.02. The summed E-state index contributed by atoms with van der Waals surface area (Å²) in [6.07, 6.45) is 3.80. The van der Waals surface area contributed by atoms with Crippen LogP contribution in [0, 0.1) is 13.8 Å². The number of imidazole rings is 1. The van der Waals surface area contributed by atoms with Crippen LogP contribution in [0.4, 0.5) is 0 Å². The molecule has 26 heavy (non-hydrogen) atoms. The van der Waals surface area contributed by atoms with E-state index in [2.05, 4.69) is 89.2 Å². The van der Waals surface area contributed by atoms with Gasteiger partial charge in [0.1, 0.15) is 6.33 Å². The first-order valence-corrected chi connectivity index (χ1v) is 8.68. The fraction of sp³-hybridized carbons (Fsp3) is 0.0909. The fourth-order valence-corrected chi connectivity index (χ4v) is 3.44. The molecule has 5 rings (SSSR count). The summed E-state index contributed by atoms with van der Waals surface area (Å²) in [4.78, 5) is 4.52. The highest BCUT2D eigenvalue weighted by atomic mass is 15.3. The van der Waals surface area contributed by atoms with Crippen LogP contribution >= 0.6 is 0 Å². The van der Waals surface area contributed by atoms with Gasteiger partial charge in [-0.15, -0.1) is 0 Å². The maximum absolute atomic E-state index is 4.56. The number of fused-ring (bicyclic) bond motifs is 2. The van der Waals surface area contributed by atoms with E-state index in [-0.39, 0.29) is 0 Å². The van der Waals surface area contributed by atoms with Crippen molar-refractivity contribution in [1.29, 1.82) is 0 Å². The molecule has 2 aromatic heterocycles. The number of hydrogen-bond donors (Lipinski definition) is 0. The third-order valence-electron chi connectivity index (χ3n) is 4.80. The molecule has 3 aromatic carbocycles. The average Bonchev–Trinajstić information content (AvgIpc) is 3.25. The molecule has 0 radical (unpaired) electrons. The lowest BCUT2D eigenvalue weighted by molar-refractivity contribution is 0.909. The Morgan fingerprint density at radius 2 is 1.42 bits per heavy atom. The summed E-state index contributed by atoms with van der Waals surface area (Å²) in [5.74, 6) is 0. The van der Waals surface area contributed by atoms with Gasteiger partial charge in [0.15, 0.2) is 0 Å². The molecule has 0 atom stereocenters. The molecule has 0 spiro atoms. The average molecular weight is 338 g/mol. The zero-order valence-electron chi connectivity index (χ0n) is 14.7. The van der Waals surface area contributed by atoms with Gasteiger partial charge in [-0.25, -0.2) is 9.67 Å². The number of hydrogen-bond acceptors (Lipinski definition) is 2. The predicted octanol–water partition coefficient (Wildman–Crippen LogP) is 4.98. The zero-order chi connectivity index (χ0) is 17.7. The third-order valence-corrected chi connectivity index (χ3v) is 4.80. The van der Waals surface area contributed by atoms with Crippen LogP contribution in [0.5, 0.6) is 0 Å². The van der Waals surface area contributed by atoms with Gasteiger partial charge in [0.25, 0.3) is 0 Å². The summed E-state index contributed by atoms with van der Waals surface area (Å²) in [7, 11) is 0. The van der Waals surface area contributed by atoms with Crippen molar-refractivity contribution < 1.29 is 0 Å². The largest absolute Gasteiger partial charge is 0.299 e. The van der Waals surface area contributed by atoms with Crippen LogP contribution in [0.2, 0.25) is 0 Å². The third kappa shape index (κ3) is 2.30. The first-order chi connectivity index (χ1) is 12.7. The Morgan fingerprint density at radius 1 is 0.731 bits per heavy atom. The van der Waals surface area contributed by atoms with Gasteiger partial charge in [0.05, 0.1) is 28.4 Å². The summed E-state index contributed by atoms with van der Waals surface area (Å²) in [5, 5.41) is 5.71. The Bertz CT molecular complexity index is 1140. The molecule has 0 saturated carbocycles. The number of nitrogens with zero attached hydrogens (tertiary/aromatic N) is 4. The molecule has 0 amide bonds. The van der Waals surface area contributed by atoms with Gasteiger partial charge in [-0.1, -0.05) is 17.7 Å². The van der Waals surface area contributed by atoms with Gasteiger partial charge in [-0.2, -0.15) is 5.10 Å². The molecule has 2 heterocycles. The molecule has 0 N–H and O–H groups in total. The van der Waals surface area contributed by atoms with Crippen LogP contribution in [0.25, 0.3) is 33.3 Å². The first kappa shape index (κ1) is 14.9. The van der Waals surface area contributed by atoms with Crippen molar-refractivity contribution in [3.05, 3.63) is 84.3 Å². The molecule has 0 fully saturated rings. The van der Waals surface area contributed by atoms with Crippen molar-refractivity contribution in [3.8, 4) is 11.4 Å². The van der Waals surface area contributed by atoms with E-state index in [0.717, 1.165) is 33.3 Å². The molecule has 0 unspecified atom stereocenters. The molecule has 0 aliphatic carbocycles. The lowest BCUT2D eigenvalue weighted by Crippen LogP contribution is -1.97. The van der Waals surface area contributed by atoms with E-state index < -0.39 is 0 Å². The zero-order valence-corrected chi connectivity index (χ0v) is 14.7.